The summed E-state index contributed by atoms with van der Waals surface area (Å²) < 4.78 is 40.4. The first-order valence-electron chi connectivity index (χ1n) is 10.6. The number of alkyl halides is 3. The molecule has 3 aromatic rings. The molecule has 0 aliphatic rings. The summed E-state index contributed by atoms with van der Waals surface area (Å²) in [5.74, 6) is -0.953. The molecule has 0 bridgehead atoms. The average Bonchev–Trinajstić information content (AvgIpc) is 3.08. The highest BCUT2D eigenvalue weighted by Crippen LogP contribution is 2.27. The Balaban J connectivity index is 1.90. The van der Waals surface area contributed by atoms with Gasteiger partial charge >= 0.3 is 11.9 Å². The number of carbonyl (C=O) groups excluding carboxylic acids is 1. The molecule has 0 fully saturated rings. The molecule has 7 nitrogen and oxygen atoms in total. The van der Waals surface area contributed by atoms with Crippen molar-refractivity contribution < 1.29 is 28.2 Å². The molecule has 1 aromatic heterocycles. The SMILES string of the molecule is O=C(CC(CCO)c1cccc(Cl)c1)Cn1nc(-c2ccc(Cl)cc2)n(C[C@H](O)C(F)(F)F)c1=O. The number of aromatic nitrogens is 3. The van der Waals surface area contributed by atoms with Crippen LogP contribution in [-0.4, -0.2) is 49.2 Å². The molecule has 2 N–H and O–H groups in total. The molecule has 1 heterocycles. The quantitative estimate of drug-likeness (QED) is 0.411. The van der Waals surface area contributed by atoms with E-state index in [1.165, 1.54) is 24.3 Å². The second-order valence-electron chi connectivity index (χ2n) is 7.95. The fraction of sp³-hybridized carbons (Fsp3) is 0.348. The van der Waals surface area contributed by atoms with Gasteiger partial charge in [-0.25, -0.2) is 9.48 Å². The third kappa shape index (κ3) is 6.94. The fourth-order valence-electron chi connectivity index (χ4n) is 3.61. The highest BCUT2D eigenvalue weighted by atomic mass is 35.5. The number of ketones is 1. The first kappa shape index (κ1) is 26.9. The van der Waals surface area contributed by atoms with Crippen molar-refractivity contribution in [3.8, 4) is 11.4 Å². The standard InChI is InChI=1S/C23H22Cl2F3N3O4/c24-17-6-4-14(5-7-17)21-29-31(22(35)30(21)13-20(34)23(26,27)28)12-19(33)11-16(8-9-32)15-2-1-3-18(25)10-15/h1-7,10,16,20,32,34H,8-9,11-13H2/t16?,20-/m0/s1. The van der Waals surface area contributed by atoms with Gasteiger partial charge in [-0.1, -0.05) is 35.3 Å². The van der Waals surface area contributed by atoms with Gasteiger partial charge in [0, 0.05) is 28.6 Å². The molecular weight excluding hydrogens is 510 g/mol. The summed E-state index contributed by atoms with van der Waals surface area (Å²) >= 11 is 11.9. The summed E-state index contributed by atoms with van der Waals surface area (Å²) in [5, 5.41) is 23.9. The number of hydrogen-bond acceptors (Lipinski definition) is 5. The zero-order valence-electron chi connectivity index (χ0n) is 18.3. The van der Waals surface area contributed by atoms with Gasteiger partial charge in [-0.05, 0) is 54.3 Å². The molecule has 0 saturated carbocycles. The predicted octanol–water partition coefficient (Wildman–Crippen LogP) is 4.07. The number of benzene rings is 2. The van der Waals surface area contributed by atoms with E-state index in [2.05, 4.69) is 5.10 Å². The number of hydrogen-bond donors (Lipinski definition) is 2. The Labute approximate surface area is 208 Å². The predicted molar refractivity (Wildman–Crippen MR) is 125 cm³/mol. The summed E-state index contributed by atoms with van der Waals surface area (Å²) in [6.45, 7) is -1.78. The normalized spacial score (nSPS) is 13.6. The molecule has 0 aliphatic heterocycles. The van der Waals surface area contributed by atoms with Crippen LogP contribution in [0.15, 0.2) is 53.3 Å². The van der Waals surface area contributed by atoms with E-state index in [0.29, 0.717) is 14.6 Å². The van der Waals surface area contributed by atoms with Gasteiger partial charge in [0.25, 0.3) is 0 Å². The van der Waals surface area contributed by atoms with Gasteiger partial charge in [-0.3, -0.25) is 9.36 Å². The second kappa shape index (κ2) is 11.4. The average molecular weight is 532 g/mol. The van der Waals surface area contributed by atoms with Crippen molar-refractivity contribution in [1.82, 2.24) is 14.3 Å². The van der Waals surface area contributed by atoms with Crippen LogP contribution in [-0.2, 0) is 17.9 Å². The second-order valence-corrected chi connectivity index (χ2v) is 8.82. The highest BCUT2D eigenvalue weighted by molar-refractivity contribution is 6.30. The minimum atomic E-state index is -4.96. The Hall–Kier alpha value is -2.66. The lowest BCUT2D eigenvalue weighted by Gasteiger charge is -2.16. The number of nitrogens with zero attached hydrogens (tertiary/aromatic N) is 3. The summed E-state index contributed by atoms with van der Waals surface area (Å²) in [5.41, 5.74) is 0.0325. The van der Waals surface area contributed by atoms with Gasteiger partial charge < -0.3 is 10.2 Å². The van der Waals surface area contributed by atoms with E-state index in [1.807, 2.05) is 0 Å². The van der Waals surface area contributed by atoms with Crippen molar-refractivity contribution in [2.24, 2.45) is 0 Å². The van der Waals surface area contributed by atoms with Crippen LogP contribution in [0.3, 0.4) is 0 Å². The third-order valence-corrected chi connectivity index (χ3v) is 5.84. The molecule has 188 valence electrons. The van der Waals surface area contributed by atoms with Gasteiger partial charge in [-0.2, -0.15) is 13.2 Å². The van der Waals surface area contributed by atoms with E-state index in [9.17, 15) is 33.0 Å². The lowest BCUT2D eigenvalue weighted by Crippen LogP contribution is -2.37. The van der Waals surface area contributed by atoms with E-state index in [4.69, 9.17) is 23.2 Å². The van der Waals surface area contributed by atoms with E-state index >= 15 is 0 Å². The fourth-order valence-corrected chi connectivity index (χ4v) is 3.93. The van der Waals surface area contributed by atoms with Crippen molar-refractivity contribution in [2.45, 2.75) is 44.1 Å². The minimum absolute atomic E-state index is 0.0539. The maximum Gasteiger partial charge on any atom is 0.416 e. The summed E-state index contributed by atoms with van der Waals surface area (Å²) in [6, 6.07) is 12.7. The molecule has 1 unspecified atom stereocenters. The topological polar surface area (TPSA) is 97.3 Å². The number of aliphatic hydroxyl groups is 2. The summed E-state index contributed by atoms with van der Waals surface area (Å²) in [4.78, 5) is 25.7. The minimum Gasteiger partial charge on any atom is -0.396 e. The number of carbonyl (C=O) groups is 1. The lowest BCUT2D eigenvalue weighted by molar-refractivity contribution is -0.207. The molecule has 2 aromatic carbocycles. The molecule has 3 rings (SSSR count). The molecular formula is C23H22Cl2F3N3O4. The molecule has 0 spiro atoms. The largest absolute Gasteiger partial charge is 0.416 e. The van der Waals surface area contributed by atoms with Gasteiger partial charge in [0.2, 0.25) is 0 Å². The molecule has 0 saturated heterocycles. The van der Waals surface area contributed by atoms with Gasteiger partial charge in [0.1, 0.15) is 6.54 Å². The molecule has 0 amide bonds. The van der Waals surface area contributed by atoms with Crippen molar-refractivity contribution in [1.29, 1.82) is 0 Å². The number of rotatable bonds is 10. The van der Waals surface area contributed by atoms with Crippen LogP contribution >= 0.6 is 23.2 Å². The smallest absolute Gasteiger partial charge is 0.396 e. The van der Waals surface area contributed by atoms with Gasteiger partial charge in [0.05, 0.1) is 6.54 Å². The zero-order valence-corrected chi connectivity index (χ0v) is 19.8. The maximum atomic E-state index is 13.0. The maximum absolute atomic E-state index is 13.0. The van der Waals surface area contributed by atoms with Gasteiger partial charge in [-0.15, -0.1) is 5.10 Å². The monoisotopic (exact) mass is 531 g/mol. The summed E-state index contributed by atoms with van der Waals surface area (Å²) in [7, 11) is 0. The molecule has 2 atom stereocenters. The zero-order chi connectivity index (χ0) is 25.8. The van der Waals surface area contributed by atoms with Crippen molar-refractivity contribution in [3.63, 3.8) is 0 Å². The van der Waals surface area contributed by atoms with E-state index in [0.717, 1.165) is 10.2 Å². The molecule has 0 radical (unpaired) electrons. The van der Waals surface area contributed by atoms with Crippen LogP contribution < -0.4 is 5.69 Å². The number of halogens is 5. The van der Waals surface area contributed by atoms with Gasteiger partial charge in [0.15, 0.2) is 17.7 Å². The van der Waals surface area contributed by atoms with Crippen LogP contribution in [0.2, 0.25) is 10.0 Å². The van der Waals surface area contributed by atoms with Crippen molar-refractivity contribution in [3.05, 3.63) is 74.6 Å². The van der Waals surface area contributed by atoms with E-state index in [1.54, 1.807) is 24.3 Å². The first-order chi connectivity index (χ1) is 16.5. The Morgan fingerprint density at radius 3 is 2.37 bits per heavy atom. The molecule has 12 heteroatoms. The van der Waals surface area contributed by atoms with Crippen LogP contribution in [0, 0.1) is 0 Å². The van der Waals surface area contributed by atoms with Crippen LogP contribution in [0.25, 0.3) is 11.4 Å². The van der Waals surface area contributed by atoms with Crippen LogP contribution in [0.1, 0.15) is 24.3 Å². The summed E-state index contributed by atoms with van der Waals surface area (Å²) in [6.07, 6.45) is -7.55. The van der Waals surface area contributed by atoms with Crippen molar-refractivity contribution in [2.75, 3.05) is 6.61 Å². The molecule has 0 aliphatic carbocycles. The highest BCUT2D eigenvalue weighted by Gasteiger charge is 2.39. The molecule has 35 heavy (non-hydrogen) atoms. The first-order valence-corrected chi connectivity index (χ1v) is 11.3. The van der Waals surface area contributed by atoms with Crippen molar-refractivity contribution >= 4 is 29.0 Å². The Morgan fingerprint density at radius 1 is 1.09 bits per heavy atom. The Bertz CT molecular complexity index is 1230. The lowest BCUT2D eigenvalue weighted by atomic mass is 9.91. The Morgan fingerprint density at radius 2 is 1.77 bits per heavy atom. The number of Topliss-reactive ketones (excluding diaryl/α,β-unsaturated/α-hetero) is 1. The van der Waals surface area contributed by atoms with Crippen LogP contribution in [0.5, 0.6) is 0 Å². The van der Waals surface area contributed by atoms with E-state index < -0.39 is 36.8 Å². The third-order valence-electron chi connectivity index (χ3n) is 5.36. The Kier molecular flexibility index (Phi) is 8.76. The van der Waals surface area contributed by atoms with Crippen LogP contribution in [0.4, 0.5) is 13.2 Å². The van der Waals surface area contributed by atoms with E-state index in [-0.39, 0.29) is 36.8 Å². The number of aliphatic hydroxyl groups excluding tert-OH is 2.